The molecule has 0 bridgehead atoms. The maximum absolute atomic E-state index is 10.7. The van der Waals surface area contributed by atoms with E-state index < -0.39 is 0 Å². The number of nitrogens with one attached hydrogen (secondary N) is 1. The molecule has 0 aliphatic heterocycles. The second-order valence-corrected chi connectivity index (χ2v) is 3.18. The first-order valence-corrected chi connectivity index (χ1v) is 4.54. The van der Waals surface area contributed by atoms with E-state index in [0.717, 1.165) is 16.7 Å². The summed E-state index contributed by atoms with van der Waals surface area (Å²) < 4.78 is 10.0. The average Bonchev–Trinajstić information content (AvgIpc) is 2.57. The fourth-order valence-electron chi connectivity index (χ4n) is 1.42. The smallest absolute Gasteiger partial charge is 0.309 e. The van der Waals surface area contributed by atoms with Crippen molar-refractivity contribution in [2.75, 3.05) is 7.11 Å². The SMILES string of the molecule is COc1ccc2[nH]c(OC(C)=O)cc2c1. The highest BCUT2D eigenvalue weighted by Crippen LogP contribution is 2.24. The van der Waals surface area contributed by atoms with Crippen LogP contribution >= 0.6 is 0 Å². The molecule has 2 aromatic rings. The molecule has 2 rings (SSSR count). The van der Waals surface area contributed by atoms with E-state index >= 15 is 0 Å². The van der Waals surface area contributed by atoms with E-state index in [1.54, 1.807) is 13.2 Å². The molecule has 78 valence electrons. The molecule has 15 heavy (non-hydrogen) atoms. The molecule has 1 N–H and O–H groups in total. The van der Waals surface area contributed by atoms with Gasteiger partial charge in [0.1, 0.15) is 5.75 Å². The van der Waals surface area contributed by atoms with Crippen molar-refractivity contribution in [3.8, 4) is 11.6 Å². The Bertz CT molecular complexity index is 502. The Hall–Kier alpha value is -1.97. The standard InChI is InChI=1S/C11H11NO3/c1-7(13)15-11-6-8-5-9(14-2)3-4-10(8)12-11/h3-6,12H,1-2H3. The number of hydrogen-bond acceptors (Lipinski definition) is 3. The summed E-state index contributed by atoms with van der Waals surface area (Å²) in [6.07, 6.45) is 0. The summed E-state index contributed by atoms with van der Waals surface area (Å²) in [5, 5.41) is 0.950. The second-order valence-electron chi connectivity index (χ2n) is 3.18. The van der Waals surface area contributed by atoms with Crippen molar-refractivity contribution < 1.29 is 14.3 Å². The molecule has 0 radical (unpaired) electrons. The number of benzene rings is 1. The highest BCUT2D eigenvalue weighted by Gasteiger charge is 2.04. The summed E-state index contributed by atoms with van der Waals surface area (Å²) in [4.78, 5) is 13.7. The molecule has 0 atom stereocenters. The number of esters is 1. The van der Waals surface area contributed by atoms with Gasteiger partial charge in [0.2, 0.25) is 5.88 Å². The normalized spacial score (nSPS) is 10.3. The Kier molecular flexibility index (Phi) is 2.33. The lowest BCUT2D eigenvalue weighted by Crippen LogP contribution is -2.00. The number of fused-ring (bicyclic) bond motifs is 1. The van der Waals surface area contributed by atoms with E-state index in [1.807, 2.05) is 18.2 Å². The number of hydrogen-bond donors (Lipinski definition) is 1. The number of aromatic amines is 1. The van der Waals surface area contributed by atoms with Crippen LogP contribution in [0.3, 0.4) is 0 Å². The first kappa shape index (κ1) is 9.58. The lowest BCUT2D eigenvalue weighted by Gasteiger charge is -1.97. The van der Waals surface area contributed by atoms with E-state index in [-0.39, 0.29) is 5.97 Å². The fourth-order valence-corrected chi connectivity index (χ4v) is 1.42. The number of aromatic nitrogens is 1. The van der Waals surface area contributed by atoms with E-state index in [1.165, 1.54) is 6.92 Å². The summed E-state index contributed by atoms with van der Waals surface area (Å²) in [5.41, 5.74) is 0.909. The highest BCUT2D eigenvalue weighted by molar-refractivity contribution is 5.83. The van der Waals surface area contributed by atoms with Gasteiger partial charge in [-0.2, -0.15) is 0 Å². The van der Waals surface area contributed by atoms with Crippen LogP contribution in [0.25, 0.3) is 10.9 Å². The van der Waals surface area contributed by atoms with Crippen LogP contribution in [-0.4, -0.2) is 18.1 Å². The van der Waals surface area contributed by atoms with Crippen molar-refractivity contribution >= 4 is 16.9 Å². The van der Waals surface area contributed by atoms with E-state index in [2.05, 4.69) is 4.98 Å². The summed E-state index contributed by atoms with van der Waals surface area (Å²) in [6, 6.07) is 7.36. The van der Waals surface area contributed by atoms with E-state index in [4.69, 9.17) is 9.47 Å². The van der Waals surface area contributed by atoms with Crippen LogP contribution in [0, 0.1) is 0 Å². The third-order valence-electron chi connectivity index (χ3n) is 2.06. The van der Waals surface area contributed by atoms with Crippen LogP contribution < -0.4 is 9.47 Å². The molecule has 0 saturated heterocycles. The van der Waals surface area contributed by atoms with Gasteiger partial charge in [0, 0.05) is 23.9 Å². The minimum absolute atomic E-state index is 0.339. The molecule has 0 unspecified atom stereocenters. The van der Waals surface area contributed by atoms with Crippen molar-refractivity contribution in [3.05, 3.63) is 24.3 Å². The molecular weight excluding hydrogens is 194 g/mol. The largest absolute Gasteiger partial charge is 0.497 e. The number of rotatable bonds is 2. The minimum atomic E-state index is -0.339. The predicted octanol–water partition coefficient (Wildman–Crippen LogP) is 2.10. The third kappa shape index (κ3) is 1.93. The molecule has 0 aliphatic rings. The number of carbonyl (C=O) groups is 1. The quantitative estimate of drug-likeness (QED) is 0.764. The molecule has 1 heterocycles. The molecule has 1 aromatic carbocycles. The molecule has 4 heteroatoms. The molecular formula is C11H11NO3. The van der Waals surface area contributed by atoms with Crippen LogP contribution in [-0.2, 0) is 4.79 Å². The first-order chi connectivity index (χ1) is 7.19. The number of ether oxygens (including phenoxy) is 2. The summed E-state index contributed by atoms with van der Waals surface area (Å²) in [7, 11) is 1.61. The van der Waals surface area contributed by atoms with Crippen LogP contribution in [0.15, 0.2) is 24.3 Å². The summed E-state index contributed by atoms with van der Waals surface area (Å²) in [6.45, 7) is 1.37. The molecule has 1 aromatic heterocycles. The zero-order chi connectivity index (χ0) is 10.8. The predicted molar refractivity (Wildman–Crippen MR) is 56.2 cm³/mol. The van der Waals surface area contributed by atoms with Crippen molar-refractivity contribution in [1.82, 2.24) is 4.98 Å². The molecule has 0 amide bonds. The van der Waals surface area contributed by atoms with Gasteiger partial charge in [-0.1, -0.05) is 0 Å². The average molecular weight is 205 g/mol. The lowest BCUT2D eigenvalue weighted by atomic mass is 10.2. The van der Waals surface area contributed by atoms with Gasteiger partial charge < -0.3 is 14.5 Å². The van der Waals surface area contributed by atoms with Gasteiger partial charge in [-0.25, -0.2) is 0 Å². The van der Waals surface area contributed by atoms with E-state index in [0.29, 0.717) is 5.88 Å². The van der Waals surface area contributed by atoms with Gasteiger partial charge in [-0.15, -0.1) is 0 Å². The van der Waals surface area contributed by atoms with Crippen molar-refractivity contribution in [1.29, 1.82) is 0 Å². The Morgan fingerprint density at radius 3 is 2.80 bits per heavy atom. The number of H-pyrrole nitrogens is 1. The Morgan fingerprint density at radius 1 is 1.33 bits per heavy atom. The maximum Gasteiger partial charge on any atom is 0.309 e. The number of carbonyl (C=O) groups excluding carboxylic acids is 1. The summed E-state index contributed by atoms with van der Waals surface area (Å²) >= 11 is 0. The van der Waals surface area contributed by atoms with Gasteiger partial charge in [0.15, 0.2) is 0 Å². The Balaban J connectivity index is 2.42. The van der Waals surface area contributed by atoms with Crippen LogP contribution in [0.2, 0.25) is 0 Å². The maximum atomic E-state index is 10.7. The fraction of sp³-hybridized carbons (Fsp3) is 0.182. The number of methoxy groups -OCH3 is 1. The first-order valence-electron chi connectivity index (χ1n) is 4.54. The van der Waals surface area contributed by atoms with Gasteiger partial charge in [0.05, 0.1) is 7.11 Å². The Morgan fingerprint density at radius 2 is 2.13 bits per heavy atom. The lowest BCUT2D eigenvalue weighted by molar-refractivity contribution is -0.132. The molecule has 0 fully saturated rings. The monoisotopic (exact) mass is 205 g/mol. The van der Waals surface area contributed by atoms with E-state index in [9.17, 15) is 4.79 Å². The molecule has 0 saturated carbocycles. The second kappa shape index (κ2) is 3.65. The van der Waals surface area contributed by atoms with Gasteiger partial charge >= 0.3 is 5.97 Å². The zero-order valence-electron chi connectivity index (χ0n) is 8.53. The van der Waals surface area contributed by atoms with Gasteiger partial charge in [-0.3, -0.25) is 4.79 Å². The molecule has 0 spiro atoms. The van der Waals surface area contributed by atoms with Crippen LogP contribution in [0.5, 0.6) is 11.6 Å². The minimum Gasteiger partial charge on any atom is -0.497 e. The van der Waals surface area contributed by atoms with Crippen molar-refractivity contribution in [2.45, 2.75) is 6.92 Å². The highest BCUT2D eigenvalue weighted by atomic mass is 16.5. The van der Waals surface area contributed by atoms with Crippen LogP contribution in [0.1, 0.15) is 6.92 Å². The van der Waals surface area contributed by atoms with Gasteiger partial charge in [-0.05, 0) is 18.2 Å². The van der Waals surface area contributed by atoms with Crippen LogP contribution in [0.4, 0.5) is 0 Å². The topological polar surface area (TPSA) is 51.3 Å². The Labute approximate surface area is 86.8 Å². The zero-order valence-corrected chi connectivity index (χ0v) is 8.53. The molecule has 4 nitrogen and oxygen atoms in total. The molecule has 0 aliphatic carbocycles. The third-order valence-corrected chi connectivity index (χ3v) is 2.06. The van der Waals surface area contributed by atoms with Gasteiger partial charge in [0.25, 0.3) is 0 Å². The van der Waals surface area contributed by atoms with Crippen molar-refractivity contribution in [3.63, 3.8) is 0 Å². The van der Waals surface area contributed by atoms with Crippen molar-refractivity contribution in [2.24, 2.45) is 0 Å². The summed E-state index contributed by atoms with van der Waals surface area (Å²) in [5.74, 6) is 0.884.